The third kappa shape index (κ3) is 3.15. The minimum atomic E-state index is 0.536. The topological polar surface area (TPSA) is 36.4 Å². The van der Waals surface area contributed by atoms with E-state index in [1.165, 1.54) is 32.1 Å². The monoisotopic (exact) mass is 233 g/mol. The van der Waals surface area contributed by atoms with Crippen LogP contribution in [0.1, 0.15) is 32.1 Å². The van der Waals surface area contributed by atoms with Crippen LogP contribution in [0.4, 0.5) is 0 Å². The summed E-state index contributed by atoms with van der Waals surface area (Å²) >= 11 is 0. The quantitative estimate of drug-likeness (QED) is 0.440. The molecule has 2 aliphatic carbocycles. The molecule has 3 heteroatoms. The lowest BCUT2D eigenvalue weighted by atomic mass is 9.86. The van der Waals surface area contributed by atoms with Crippen molar-refractivity contribution < 1.29 is 0 Å². The molecule has 0 radical (unpaired) electrons. The van der Waals surface area contributed by atoms with Crippen molar-refractivity contribution in [1.82, 2.24) is 10.6 Å². The molecule has 0 aliphatic heterocycles. The molecule has 3 nitrogen and oxygen atoms in total. The minimum absolute atomic E-state index is 0.536. The zero-order valence-corrected chi connectivity index (χ0v) is 10.7. The van der Waals surface area contributed by atoms with Gasteiger partial charge in [0.2, 0.25) is 0 Å². The lowest BCUT2D eigenvalue weighted by Crippen LogP contribution is -2.38. The molecule has 0 aromatic rings. The van der Waals surface area contributed by atoms with Crippen LogP contribution in [0.3, 0.4) is 0 Å². The van der Waals surface area contributed by atoms with E-state index >= 15 is 0 Å². The molecule has 3 unspecified atom stereocenters. The van der Waals surface area contributed by atoms with Crippen molar-refractivity contribution in [3.05, 3.63) is 0 Å². The molecular weight excluding hydrogens is 210 g/mol. The van der Waals surface area contributed by atoms with Crippen molar-refractivity contribution in [1.29, 1.82) is 0 Å². The van der Waals surface area contributed by atoms with Crippen LogP contribution in [0.15, 0.2) is 4.99 Å². The Morgan fingerprint density at radius 2 is 2.24 bits per heavy atom. The van der Waals surface area contributed by atoms with Gasteiger partial charge in [-0.2, -0.15) is 0 Å². The number of aliphatic imine (C=N–C) groups is 1. The van der Waals surface area contributed by atoms with Gasteiger partial charge in [-0.3, -0.25) is 4.99 Å². The Morgan fingerprint density at radius 3 is 2.82 bits per heavy atom. The zero-order chi connectivity index (χ0) is 12.1. The molecule has 2 saturated carbocycles. The molecule has 0 amide bonds. The van der Waals surface area contributed by atoms with Crippen molar-refractivity contribution in [3.63, 3.8) is 0 Å². The average molecular weight is 233 g/mol. The second kappa shape index (κ2) is 5.95. The van der Waals surface area contributed by atoms with E-state index in [4.69, 9.17) is 6.42 Å². The van der Waals surface area contributed by atoms with Gasteiger partial charge in [-0.1, -0.05) is 12.3 Å². The van der Waals surface area contributed by atoms with Gasteiger partial charge in [0, 0.05) is 13.6 Å². The highest BCUT2D eigenvalue weighted by Gasteiger charge is 2.38. The number of hydrogen-bond donors (Lipinski definition) is 2. The summed E-state index contributed by atoms with van der Waals surface area (Å²) in [5.41, 5.74) is 0. The maximum Gasteiger partial charge on any atom is 0.191 e. The zero-order valence-electron chi connectivity index (χ0n) is 10.7. The maximum atomic E-state index is 5.21. The fourth-order valence-electron chi connectivity index (χ4n) is 3.46. The molecule has 2 fully saturated rings. The van der Waals surface area contributed by atoms with E-state index in [0.717, 1.165) is 30.3 Å². The van der Waals surface area contributed by atoms with Gasteiger partial charge >= 0.3 is 0 Å². The second-order valence-electron chi connectivity index (χ2n) is 5.28. The number of guanidine groups is 1. The molecule has 0 aromatic carbocycles. The molecule has 0 heterocycles. The van der Waals surface area contributed by atoms with Crippen molar-refractivity contribution in [2.24, 2.45) is 22.7 Å². The molecule has 0 spiro atoms. The Balaban J connectivity index is 1.64. The summed E-state index contributed by atoms with van der Waals surface area (Å²) in [5, 5.41) is 6.42. The Hall–Kier alpha value is -1.17. The van der Waals surface area contributed by atoms with Crippen molar-refractivity contribution in [2.75, 3.05) is 20.1 Å². The highest BCUT2D eigenvalue weighted by molar-refractivity contribution is 5.79. The van der Waals surface area contributed by atoms with Crippen LogP contribution < -0.4 is 10.6 Å². The second-order valence-corrected chi connectivity index (χ2v) is 5.28. The summed E-state index contributed by atoms with van der Waals surface area (Å²) in [4.78, 5) is 4.14. The van der Waals surface area contributed by atoms with Crippen LogP contribution in [-0.2, 0) is 0 Å². The van der Waals surface area contributed by atoms with Crippen LogP contribution in [0.2, 0.25) is 0 Å². The van der Waals surface area contributed by atoms with E-state index in [9.17, 15) is 0 Å². The number of nitrogens with zero attached hydrogens (tertiary/aromatic N) is 1. The first-order valence-electron chi connectivity index (χ1n) is 6.71. The van der Waals surface area contributed by atoms with Gasteiger partial charge in [0.15, 0.2) is 5.96 Å². The lowest BCUT2D eigenvalue weighted by molar-refractivity contribution is 0.315. The number of terminal acetylenes is 1. The van der Waals surface area contributed by atoms with Crippen molar-refractivity contribution in [3.8, 4) is 12.3 Å². The first kappa shape index (κ1) is 12.3. The number of fused-ring (bicyclic) bond motifs is 2. The molecule has 3 atom stereocenters. The average Bonchev–Trinajstić information content (AvgIpc) is 2.95. The van der Waals surface area contributed by atoms with E-state index in [1.54, 1.807) is 7.05 Å². The summed E-state index contributed by atoms with van der Waals surface area (Å²) in [6.45, 7) is 1.55. The predicted molar refractivity (Wildman–Crippen MR) is 71.8 cm³/mol. The Kier molecular flexibility index (Phi) is 4.30. The highest BCUT2D eigenvalue weighted by Crippen LogP contribution is 2.49. The smallest absolute Gasteiger partial charge is 0.191 e. The Morgan fingerprint density at radius 1 is 1.35 bits per heavy atom. The van der Waals surface area contributed by atoms with Gasteiger partial charge < -0.3 is 10.6 Å². The largest absolute Gasteiger partial charge is 0.356 e. The lowest BCUT2D eigenvalue weighted by Gasteiger charge is -2.22. The number of nitrogens with one attached hydrogen (secondary N) is 2. The van der Waals surface area contributed by atoms with Crippen LogP contribution in [0.25, 0.3) is 0 Å². The molecule has 2 aliphatic rings. The van der Waals surface area contributed by atoms with Crippen molar-refractivity contribution in [2.45, 2.75) is 32.1 Å². The van der Waals surface area contributed by atoms with Gasteiger partial charge in [0.1, 0.15) is 0 Å². The van der Waals surface area contributed by atoms with E-state index in [2.05, 4.69) is 21.5 Å². The molecule has 2 N–H and O–H groups in total. The van der Waals surface area contributed by atoms with Crippen LogP contribution in [0.5, 0.6) is 0 Å². The predicted octanol–water partition coefficient (Wildman–Crippen LogP) is 1.61. The summed E-state index contributed by atoms with van der Waals surface area (Å²) < 4.78 is 0. The molecule has 17 heavy (non-hydrogen) atoms. The van der Waals surface area contributed by atoms with E-state index in [0.29, 0.717) is 6.54 Å². The molecule has 2 rings (SSSR count). The van der Waals surface area contributed by atoms with Crippen LogP contribution in [-0.4, -0.2) is 26.1 Å². The summed E-state index contributed by atoms with van der Waals surface area (Å²) in [6, 6.07) is 0. The summed E-state index contributed by atoms with van der Waals surface area (Å²) in [5.74, 6) is 6.39. The highest BCUT2D eigenvalue weighted by atomic mass is 15.2. The maximum absolute atomic E-state index is 5.21. The molecule has 0 aromatic heterocycles. The van der Waals surface area contributed by atoms with Gasteiger partial charge in [0.05, 0.1) is 6.54 Å². The fraction of sp³-hybridized carbons (Fsp3) is 0.786. The molecule has 2 bridgehead atoms. The van der Waals surface area contributed by atoms with Gasteiger partial charge in [-0.15, -0.1) is 6.42 Å². The number of rotatable bonds is 4. The first-order chi connectivity index (χ1) is 8.33. The molecule has 0 saturated heterocycles. The SMILES string of the molecule is C#CCNC(=NC)NCCC1CC2CCC1C2. The summed E-state index contributed by atoms with van der Waals surface area (Å²) in [6.07, 6.45) is 12.4. The van der Waals surface area contributed by atoms with E-state index in [-0.39, 0.29) is 0 Å². The van der Waals surface area contributed by atoms with Crippen molar-refractivity contribution >= 4 is 5.96 Å². The van der Waals surface area contributed by atoms with Gasteiger partial charge in [0.25, 0.3) is 0 Å². The van der Waals surface area contributed by atoms with Crippen LogP contribution >= 0.6 is 0 Å². The third-order valence-electron chi connectivity index (χ3n) is 4.27. The molecular formula is C14H23N3. The summed E-state index contributed by atoms with van der Waals surface area (Å²) in [7, 11) is 1.78. The van der Waals surface area contributed by atoms with E-state index in [1.807, 2.05) is 0 Å². The Labute approximate surface area is 104 Å². The number of hydrogen-bond acceptors (Lipinski definition) is 1. The minimum Gasteiger partial charge on any atom is -0.356 e. The Bertz CT molecular complexity index is 316. The van der Waals surface area contributed by atoms with Crippen LogP contribution in [0, 0.1) is 30.1 Å². The third-order valence-corrected chi connectivity index (χ3v) is 4.27. The fourth-order valence-corrected chi connectivity index (χ4v) is 3.46. The standard InChI is InChI=1S/C14H23N3/c1-3-7-16-14(15-2)17-8-6-13-10-11-4-5-12(13)9-11/h1,11-13H,4-10H2,2H3,(H2,15,16,17). The van der Waals surface area contributed by atoms with E-state index < -0.39 is 0 Å². The van der Waals surface area contributed by atoms with Gasteiger partial charge in [-0.05, 0) is 43.4 Å². The first-order valence-corrected chi connectivity index (χ1v) is 6.71. The van der Waals surface area contributed by atoms with Gasteiger partial charge in [-0.25, -0.2) is 0 Å². The normalized spacial score (nSPS) is 31.3. The molecule has 94 valence electrons.